The monoisotopic (exact) mass is 694 g/mol. The normalized spacial score (nSPS) is 16.6. The summed E-state index contributed by atoms with van der Waals surface area (Å²) in [5, 5.41) is 4.77. The van der Waals surface area contributed by atoms with E-state index in [1.54, 1.807) is 15.9 Å². The van der Waals surface area contributed by atoms with E-state index in [1.807, 2.05) is 62.5 Å². The fourth-order valence-electron chi connectivity index (χ4n) is 7.08. The number of amides is 2. The number of nitrogens with zero attached hydrogens (tertiary/aromatic N) is 3. The number of ether oxygens (including phenoxy) is 1. The number of hydrogen-bond donors (Lipinski definition) is 3. The van der Waals surface area contributed by atoms with Crippen molar-refractivity contribution in [1.29, 1.82) is 0 Å². The summed E-state index contributed by atoms with van der Waals surface area (Å²) in [5.41, 5.74) is 12.8. The number of hydrogen-bond acceptors (Lipinski definition) is 7. The van der Waals surface area contributed by atoms with Crippen LogP contribution in [0.1, 0.15) is 43.6 Å². The number of fused-ring (bicyclic) bond motifs is 5. The maximum Gasteiger partial charge on any atom is 0.415 e. The Hall–Kier alpha value is -4.84. The summed E-state index contributed by atoms with van der Waals surface area (Å²) >= 11 is 8.07. The molecular weight excluding hydrogens is 660 g/mol. The number of nitrogens with two attached hydrogens (primary N) is 1. The number of nitrogens with one attached hydrogen (secondary N) is 2. The molecule has 0 unspecified atom stereocenters. The van der Waals surface area contributed by atoms with Crippen molar-refractivity contribution in [2.45, 2.75) is 19.3 Å². The van der Waals surface area contributed by atoms with Gasteiger partial charge in [-0.25, -0.2) is 4.79 Å². The van der Waals surface area contributed by atoms with Crippen molar-refractivity contribution in [2.24, 2.45) is 0 Å². The van der Waals surface area contributed by atoms with Gasteiger partial charge < -0.3 is 35.1 Å². The van der Waals surface area contributed by atoms with Crippen LogP contribution in [0.5, 0.6) is 5.75 Å². The summed E-state index contributed by atoms with van der Waals surface area (Å²) < 4.78 is 6.94. The first kappa shape index (κ1) is 31.4. The van der Waals surface area contributed by atoms with Gasteiger partial charge in [0.05, 0.1) is 16.1 Å². The number of alkyl halides is 1. The fourth-order valence-corrected chi connectivity index (χ4v) is 8.35. The zero-order valence-electron chi connectivity index (χ0n) is 27.1. The number of carbonyl (C=O) groups is 3. The highest BCUT2D eigenvalue weighted by atomic mass is 35.5. The van der Waals surface area contributed by atoms with Gasteiger partial charge in [0.25, 0.3) is 5.91 Å². The Morgan fingerprint density at radius 2 is 1.67 bits per heavy atom. The molecule has 0 spiro atoms. The summed E-state index contributed by atoms with van der Waals surface area (Å²) in [6.45, 7) is 5.21. The molecular formula is C37H35ClN6O4S. The lowest BCUT2D eigenvalue weighted by atomic mass is 9.97. The van der Waals surface area contributed by atoms with Gasteiger partial charge in [-0.2, -0.15) is 0 Å². The van der Waals surface area contributed by atoms with Crippen molar-refractivity contribution in [3.05, 3.63) is 88.1 Å². The minimum absolute atomic E-state index is 0.0408. The Labute approximate surface area is 291 Å². The van der Waals surface area contributed by atoms with E-state index in [2.05, 4.69) is 20.2 Å². The van der Waals surface area contributed by atoms with Gasteiger partial charge in [-0.15, -0.1) is 22.9 Å². The minimum Gasteiger partial charge on any atom is -0.409 e. The molecule has 2 aliphatic rings. The number of aromatic nitrogens is 2. The second kappa shape index (κ2) is 12.2. The third-order valence-electron chi connectivity index (χ3n) is 9.73. The highest BCUT2D eigenvalue weighted by Gasteiger charge is 2.37. The molecule has 0 aliphatic carbocycles. The van der Waals surface area contributed by atoms with Crippen molar-refractivity contribution in [3.8, 4) is 5.75 Å². The van der Waals surface area contributed by atoms with Crippen LogP contribution in [0.2, 0.25) is 0 Å². The fraction of sp³-hybridized carbons (Fsp3) is 0.270. The van der Waals surface area contributed by atoms with Crippen LogP contribution in [0.3, 0.4) is 0 Å². The average Bonchev–Trinajstić information content (AvgIpc) is 3.88. The Bertz CT molecular complexity index is 2300. The first-order valence-electron chi connectivity index (χ1n) is 16.3. The van der Waals surface area contributed by atoms with E-state index in [4.69, 9.17) is 22.1 Å². The molecule has 6 aromatic rings. The molecule has 5 heterocycles. The summed E-state index contributed by atoms with van der Waals surface area (Å²) in [6, 6.07) is 16.7. The van der Waals surface area contributed by atoms with Gasteiger partial charge in [-0.05, 0) is 78.5 Å². The van der Waals surface area contributed by atoms with Crippen molar-refractivity contribution >= 4 is 84.0 Å². The first-order chi connectivity index (χ1) is 23.7. The van der Waals surface area contributed by atoms with Crippen LogP contribution >= 0.6 is 22.9 Å². The van der Waals surface area contributed by atoms with Crippen LogP contribution in [0, 0.1) is 6.92 Å². The first-order valence-corrected chi connectivity index (χ1v) is 17.7. The van der Waals surface area contributed by atoms with E-state index < -0.39 is 0 Å². The summed E-state index contributed by atoms with van der Waals surface area (Å²) in [7, 11) is 2.04. The SMILES string of the molecule is Cc1csc2c(OC(=O)N3CCN(C)CC3)cc3c(c12)[C@@H](CCl)CN3C(=O)c1cc2cc(CC(=O)c3cc4cc(N)ccc4[nH]3)ccc2[nH]1. The van der Waals surface area contributed by atoms with Gasteiger partial charge in [-0.3, -0.25) is 9.59 Å². The minimum atomic E-state index is -0.385. The van der Waals surface area contributed by atoms with Crippen molar-refractivity contribution in [3.63, 3.8) is 0 Å². The highest BCUT2D eigenvalue weighted by molar-refractivity contribution is 7.17. The molecule has 8 rings (SSSR count). The third kappa shape index (κ3) is 5.61. The number of anilines is 2. The molecule has 1 atom stereocenters. The second-order valence-electron chi connectivity index (χ2n) is 13.1. The van der Waals surface area contributed by atoms with Gasteiger partial charge in [0.15, 0.2) is 11.5 Å². The largest absolute Gasteiger partial charge is 0.415 e. The van der Waals surface area contributed by atoms with E-state index in [9.17, 15) is 14.4 Å². The molecule has 0 radical (unpaired) electrons. The quantitative estimate of drug-likeness (QED) is 0.0988. The Morgan fingerprint density at radius 3 is 2.45 bits per heavy atom. The van der Waals surface area contributed by atoms with Gasteiger partial charge in [0.2, 0.25) is 0 Å². The van der Waals surface area contributed by atoms with Crippen LogP contribution < -0.4 is 15.4 Å². The topological polar surface area (TPSA) is 128 Å². The highest BCUT2D eigenvalue weighted by Crippen LogP contribution is 2.49. The van der Waals surface area contributed by atoms with E-state index in [-0.39, 0.29) is 30.1 Å². The van der Waals surface area contributed by atoms with Crippen molar-refractivity contribution < 1.29 is 19.1 Å². The third-order valence-corrected chi connectivity index (χ3v) is 11.2. The van der Waals surface area contributed by atoms with Gasteiger partial charge in [-0.1, -0.05) is 6.07 Å². The molecule has 49 heavy (non-hydrogen) atoms. The van der Waals surface area contributed by atoms with Crippen LogP contribution in [0.15, 0.2) is 60.0 Å². The Balaban J connectivity index is 1.08. The number of aromatic amines is 2. The van der Waals surface area contributed by atoms with Crippen LogP contribution in [0.25, 0.3) is 31.9 Å². The van der Waals surface area contributed by atoms with E-state index in [1.165, 1.54) is 11.3 Å². The number of benzene rings is 3. The van der Waals surface area contributed by atoms with Gasteiger partial charge >= 0.3 is 6.09 Å². The molecule has 10 nitrogen and oxygen atoms in total. The molecule has 2 amide bonds. The number of aryl methyl sites for hydroxylation is 1. The number of ketones is 1. The number of H-pyrrole nitrogens is 2. The van der Waals surface area contributed by atoms with Gasteiger partial charge in [0, 0.05) is 89.9 Å². The predicted molar refractivity (Wildman–Crippen MR) is 196 cm³/mol. The second-order valence-corrected chi connectivity index (χ2v) is 14.3. The Kier molecular flexibility index (Phi) is 7.85. The van der Waals surface area contributed by atoms with Crippen LogP contribution in [-0.2, 0) is 6.42 Å². The predicted octanol–water partition coefficient (Wildman–Crippen LogP) is 6.91. The number of nitrogen functional groups attached to an aromatic ring is 1. The number of thiophene rings is 1. The molecule has 1 saturated heterocycles. The molecule has 250 valence electrons. The summed E-state index contributed by atoms with van der Waals surface area (Å²) in [6.07, 6.45) is -0.181. The smallest absolute Gasteiger partial charge is 0.409 e. The molecule has 0 saturated carbocycles. The molecule has 1 fully saturated rings. The maximum atomic E-state index is 14.2. The lowest BCUT2D eigenvalue weighted by Gasteiger charge is -2.31. The molecule has 3 aromatic carbocycles. The lowest BCUT2D eigenvalue weighted by molar-refractivity contribution is 0.0978. The zero-order valence-corrected chi connectivity index (χ0v) is 28.7. The van der Waals surface area contributed by atoms with E-state index in [0.29, 0.717) is 54.0 Å². The number of piperazine rings is 1. The number of Topliss-reactive ketones (excluding diaryl/α,β-unsaturated/α-hetero) is 1. The van der Waals surface area contributed by atoms with Crippen LogP contribution in [-0.4, -0.2) is 83.2 Å². The Morgan fingerprint density at radius 1 is 0.959 bits per heavy atom. The maximum absolute atomic E-state index is 14.2. The summed E-state index contributed by atoms with van der Waals surface area (Å²) in [4.78, 5) is 52.8. The number of likely N-dealkylation sites (N-methyl/N-ethyl adjacent to an activating group) is 1. The van der Waals surface area contributed by atoms with E-state index in [0.717, 1.165) is 61.7 Å². The zero-order chi connectivity index (χ0) is 34.0. The van der Waals surface area contributed by atoms with E-state index >= 15 is 0 Å². The molecule has 0 bridgehead atoms. The molecule has 2 aliphatic heterocycles. The number of halogens is 1. The molecule has 4 N–H and O–H groups in total. The van der Waals surface area contributed by atoms with Gasteiger partial charge in [0.1, 0.15) is 5.69 Å². The standard InChI is InChI=1S/C37H35ClN6O4S/c1-20-19-49-35-32(48-37(47)43-9-7-42(2)8-10-43)16-30-34(33(20)35)24(17-38)18-44(30)36(46)29-15-22-11-21(3-5-26(22)41-29)12-31(45)28-14-23-13-25(39)4-6-27(23)40-28/h3-6,11,13-16,19,24,40-41H,7-10,12,17-18,39H2,1-2H3/t24-/m0/s1. The number of carbonyl (C=O) groups excluding carboxylic acids is 3. The molecule has 3 aromatic heterocycles. The summed E-state index contributed by atoms with van der Waals surface area (Å²) in [5.74, 6) is 0.467. The van der Waals surface area contributed by atoms with Crippen molar-refractivity contribution in [2.75, 3.05) is 56.3 Å². The lowest BCUT2D eigenvalue weighted by Crippen LogP contribution is -2.48. The van der Waals surface area contributed by atoms with Crippen molar-refractivity contribution in [1.82, 2.24) is 19.8 Å². The number of rotatable bonds is 6. The average molecular weight is 695 g/mol. The molecule has 12 heteroatoms. The van der Waals surface area contributed by atoms with Crippen LogP contribution in [0.4, 0.5) is 16.2 Å².